The molecule has 0 spiro atoms. The van der Waals surface area contributed by atoms with Crippen LogP contribution in [0.5, 0.6) is 0 Å². The Kier molecular flexibility index (Phi) is 8.05. The standard InChI is InChI=1S/C20H20BrF4NO4/c1-4-30-20(28)15-12(8-21)26-17(18(24)25)16(19(27)29-3)14(15)10-6-5-7-11(23)13(10)9(2)22/h5-7,9,14,18,26H,4,8H2,1-3H3. The monoisotopic (exact) mass is 493 g/mol. The van der Waals surface area contributed by atoms with E-state index >= 15 is 0 Å². The molecule has 1 aliphatic rings. The molecule has 0 amide bonds. The summed E-state index contributed by atoms with van der Waals surface area (Å²) in [7, 11) is 0.980. The van der Waals surface area contributed by atoms with Crippen molar-refractivity contribution in [2.24, 2.45) is 0 Å². The van der Waals surface area contributed by atoms with E-state index in [2.05, 4.69) is 26.0 Å². The van der Waals surface area contributed by atoms with Gasteiger partial charge in [0.05, 0.1) is 36.5 Å². The second kappa shape index (κ2) is 10.1. The average Bonchev–Trinajstić information content (AvgIpc) is 2.70. The van der Waals surface area contributed by atoms with Crippen molar-refractivity contribution in [3.05, 3.63) is 57.7 Å². The molecule has 0 bridgehead atoms. The van der Waals surface area contributed by atoms with Crippen molar-refractivity contribution in [2.75, 3.05) is 19.0 Å². The lowest BCUT2D eigenvalue weighted by Gasteiger charge is -2.32. The van der Waals surface area contributed by atoms with Crippen LogP contribution in [-0.2, 0) is 19.1 Å². The predicted molar refractivity (Wildman–Crippen MR) is 104 cm³/mol. The largest absolute Gasteiger partial charge is 0.466 e. The molecule has 2 atom stereocenters. The molecule has 1 aromatic carbocycles. The SMILES string of the molecule is CCOC(=O)C1=C(CBr)NC(C(F)F)=C(C(=O)OC)C1c1cccc(F)c1C(C)F. The Labute approximate surface area is 179 Å². The van der Waals surface area contributed by atoms with Gasteiger partial charge in [0.1, 0.15) is 12.0 Å². The van der Waals surface area contributed by atoms with Gasteiger partial charge in [0.25, 0.3) is 6.43 Å². The van der Waals surface area contributed by atoms with Crippen molar-refractivity contribution in [2.45, 2.75) is 32.4 Å². The van der Waals surface area contributed by atoms with E-state index in [9.17, 15) is 27.2 Å². The molecule has 2 rings (SSSR count). The average molecular weight is 494 g/mol. The van der Waals surface area contributed by atoms with Crippen molar-refractivity contribution in [1.29, 1.82) is 0 Å². The van der Waals surface area contributed by atoms with Gasteiger partial charge in [0, 0.05) is 16.6 Å². The number of carbonyl (C=O) groups is 2. The van der Waals surface area contributed by atoms with Gasteiger partial charge in [-0.2, -0.15) is 0 Å². The summed E-state index contributed by atoms with van der Waals surface area (Å²) >= 11 is 3.12. The van der Waals surface area contributed by atoms with Crippen molar-refractivity contribution in [1.82, 2.24) is 5.32 Å². The van der Waals surface area contributed by atoms with E-state index in [0.29, 0.717) is 0 Å². The van der Waals surface area contributed by atoms with Crippen LogP contribution in [0.4, 0.5) is 17.6 Å². The van der Waals surface area contributed by atoms with Crippen molar-refractivity contribution in [3.63, 3.8) is 0 Å². The lowest BCUT2D eigenvalue weighted by atomic mass is 9.77. The number of esters is 2. The molecular weight excluding hydrogens is 474 g/mol. The molecular formula is C20H20BrF4NO4. The molecule has 0 saturated heterocycles. The van der Waals surface area contributed by atoms with Crippen LogP contribution < -0.4 is 5.32 Å². The van der Waals surface area contributed by atoms with E-state index in [-0.39, 0.29) is 28.8 Å². The van der Waals surface area contributed by atoms with E-state index in [1.165, 1.54) is 19.1 Å². The maximum absolute atomic E-state index is 14.5. The molecule has 5 nitrogen and oxygen atoms in total. The molecule has 10 heteroatoms. The number of carbonyl (C=O) groups excluding carboxylic acids is 2. The lowest BCUT2D eigenvalue weighted by molar-refractivity contribution is -0.139. The molecule has 0 aromatic heterocycles. The van der Waals surface area contributed by atoms with E-state index in [1.807, 2.05) is 0 Å². The Morgan fingerprint density at radius 2 is 1.87 bits per heavy atom. The van der Waals surface area contributed by atoms with Crippen LogP contribution in [0.1, 0.15) is 37.1 Å². The summed E-state index contributed by atoms with van der Waals surface area (Å²) in [6.07, 6.45) is -5.00. The van der Waals surface area contributed by atoms with E-state index < -0.39 is 53.1 Å². The fraction of sp³-hybridized carbons (Fsp3) is 0.400. The smallest absolute Gasteiger partial charge is 0.336 e. The quantitative estimate of drug-likeness (QED) is 0.345. The molecule has 1 heterocycles. The fourth-order valence-corrected chi connectivity index (χ4v) is 3.81. The zero-order chi connectivity index (χ0) is 22.6. The molecule has 0 aliphatic carbocycles. The van der Waals surface area contributed by atoms with Gasteiger partial charge >= 0.3 is 11.9 Å². The van der Waals surface area contributed by atoms with Gasteiger partial charge in [-0.1, -0.05) is 28.1 Å². The van der Waals surface area contributed by atoms with Crippen LogP contribution in [0, 0.1) is 5.82 Å². The Morgan fingerprint density at radius 3 is 2.37 bits per heavy atom. The molecule has 164 valence electrons. The normalized spacial score (nSPS) is 17.7. The van der Waals surface area contributed by atoms with Gasteiger partial charge in [-0.25, -0.2) is 27.2 Å². The topological polar surface area (TPSA) is 64.6 Å². The van der Waals surface area contributed by atoms with Crippen LogP contribution in [0.3, 0.4) is 0 Å². The highest BCUT2D eigenvalue weighted by Gasteiger charge is 2.43. The Balaban J connectivity index is 2.95. The van der Waals surface area contributed by atoms with Gasteiger partial charge in [0.15, 0.2) is 0 Å². The molecule has 0 radical (unpaired) electrons. The van der Waals surface area contributed by atoms with E-state index in [4.69, 9.17) is 4.74 Å². The number of hydrogen-bond donors (Lipinski definition) is 1. The number of nitrogens with one attached hydrogen (secondary N) is 1. The highest BCUT2D eigenvalue weighted by molar-refractivity contribution is 9.09. The third kappa shape index (κ3) is 4.53. The summed E-state index contributed by atoms with van der Waals surface area (Å²) < 4.78 is 66.3. The fourth-order valence-electron chi connectivity index (χ4n) is 3.37. The summed E-state index contributed by atoms with van der Waals surface area (Å²) in [5, 5.41) is 2.31. The number of rotatable bonds is 7. The Hall–Kier alpha value is -2.36. The summed E-state index contributed by atoms with van der Waals surface area (Å²) in [5.74, 6) is -4.55. The first-order valence-corrected chi connectivity index (χ1v) is 10.1. The minimum atomic E-state index is -3.15. The van der Waals surface area contributed by atoms with Crippen molar-refractivity contribution < 1.29 is 36.6 Å². The van der Waals surface area contributed by atoms with Crippen LogP contribution in [0.15, 0.2) is 40.7 Å². The molecule has 30 heavy (non-hydrogen) atoms. The highest BCUT2D eigenvalue weighted by Crippen LogP contribution is 2.44. The number of benzene rings is 1. The first kappa shape index (κ1) is 23.9. The third-order valence-electron chi connectivity index (χ3n) is 4.53. The van der Waals surface area contributed by atoms with Crippen molar-refractivity contribution in [3.8, 4) is 0 Å². The molecule has 2 unspecified atom stereocenters. The van der Waals surface area contributed by atoms with Gasteiger partial charge in [-0.15, -0.1) is 0 Å². The molecule has 1 aromatic rings. The summed E-state index contributed by atoms with van der Waals surface area (Å²) in [4.78, 5) is 25.3. The van der Waals surface area contributed by atoms with Gasteiger partial charge in [-0.3, -0.25) is 0 Å². The first-order chi connectivity index (χ1) is 14.2. The Bertz CT molecular complexity index is 899. The first-order valence-electron chi connectivity index (χ1n) is 8.95. The molecule has 0 fully saturated rings. The highest BCUT2D eigenvalue weighted by atomic mass is 79.9. The minimum absolute atomic E-state index is 0.0110. The maximum Gasteiger partial charge on any atom is 0.336 e. The number of halogens is 5. The maximum atomic E-state index is 14.5. The number of alkyl halides is 4. The van der Waals surface area contributed by atoms with E-state index in [1.54, 1.807) is 0 Å². The van der Waals surface area contributed by atoms with Gasteiger partial charge in [0.2, 0.25) is 0 Å². The van der Waals surface area contributed by atoms with E-state index in [0.717, 1.165) is 20.1 Å². The van der Waals surface area contributed by atoms with Crippen LogP contribution in [-0.4, -0.2) is 37.4 Å². The second-order valence-electron chi connectivity index (χ2n) is 6.28. The number of hydrogen-bond acceptors (Lipinski definition) is 5. The number of ether oxygens (including phenoxy) is 2. The lowest BCUT2D eigenvalue weighted by Crippen LogP contribution is -2.37. The van der Waals surface area contributed by atoms with Gasteiger partial charge in [-0.05, 0) is 25.5 Å². The zero-order valence-electron chi connectivity index (χ0n) is 16.4. The Morgan fingerprint density at radius 1 is 1.20 bits per heavy atom. The predicted octanol–water partition coefficient (Wildman–Crippen LogP) is 4.45. The number of dihydropyridines is 1. The summed E-state index contributed by atoms with van der Waals surface area (Å²) in [5.41, 5.74) is -2.25. The second-order valence-corrected chi connectivity index (χ2v) is 6.84. The van der Waals surface area contributed by atoms with Crippen LogP contribution in [0.2, 0.25) is 0 Å². The van der Waals surface area contributed by atoms with Crippen LogP contribution in [0.25, 0.3) is 0 Å². The third-order valence-corrected chi connectivity index (χ3v) is 5.09. The number of methoxy groups -OCH3 is 1. The summed E-state index contributed by atoms with van der Waals surface area (Å²) in [6, 6.07) is 3.53. The van der Waals surface area contributed by atoms with Crippen molar-refractivity contribution >= 4 is 27.9 Å². The minimum Gasteiger partial charge on any atom is -0.466 e. The molecule has 0 saturated carbocycles. The molecule has 1 N–H and O–H groups in total. The van der Waals surface area contributed by atoms with Crippen LogP contribution >= 0.6 is 15.9 Å². The number of allylic oxidation sites excluding steroid dienone is 2. The zero-order valence-corrected chi connectivity index (χ0v) is 18.0. The summed E-state index contributed by atoms with van der Waals surface area (Å²) in [6.45, 7) is 2.56. The molecule has 1 aliphatic heterocycles. The van der Waals surface area contributed by atoms with Gasteiger partial charge < -0.3 is 14.8 Å².